The van der Waals surface area contributed by atoms with Gasteiger partial charge >= 0.3 is 10.2 Å². The zero-order chi connectivity index (χ0) is 17.0. The molecule has 1 aromatic carbocycles. The van der Waals surface area contributed by atoms with Crippen molar-refractivity contribution in [3.05, 3.63) is 24.3 Å². The van der Waals surface area contributed by atoms with Crippen LogP contribution in [0.2, 0.25) is 0 Å². The second-order valence-electron chi connectivity index (χ2n) is 5.40. The number of benzene rings is 1. The molecule has 0 spiro atoms. The lowest BCUT2D eigenvalue weighted by Crippen LogP contribution is -2.53. The van der Waals surface area contributed by atoms with E-state index >= 15 is 0 Å². The SMILES string of the molecule is CCCCN(C)S(=O)(=O)N1C[C@H](C(=O)NC)Oc2ccccc21. The Hall–Kier alpha value is -1.80. The number of carbonyl (C=O) groups excluding carboxylic acids is 1. The number of unbranched alkanes of at least 4 members (excludes halogenated alkanes) is 1. The summed E-state index contributed by atoms with van der Waals surface area (Å²) >= 11 is 0. The third-order valence-corrected chi connectivity index (χ3v) is 5.65. The van der Waals surface area contributed by atoms with E-state index in [4.69, 9.17) is 4.74 Å². The normalized spacial score (nSPS) is 17.6. The average Bonchev–Trinajstić information content (AvgIpc) is 2.57. The van der Waals surface area contributed by atoms with Gasteiger partial charge in [0.2, 0.25) is 0 Å². The van der Waals surface area contributed by atoms with Gasteiger partial charge in [0, 0.05) is 20.6 Å². The topological polar surface area (TPSA) is 79.0 Å². The van der Waals surface area contributed by atoms with Crippen LogP contribution in [0.4, 0.5) is 5.69 Å². The second-order valence-corrected chi connectivity index (χ2v) is 7.36. The van der Waals surface area contributed by atoms with E-state index in [0.717, 1.165) is 12.8 Å². The predicted molar refractivity (Wildman–Crippen MR) is 88.7 cm³/mol. The van der Waals surface area contributed by atoms with Crippen LogP contribution < -0.4 is 14.4 Å². The second kappa shape index (κ2) is 7.18. The van der Waals surface area contributed by atoms with E-state index in [1.807, 2.05) is 6.92 Å². The molecule has 0 fully saturated rings. The lowest BCUT2D eigenvalue weighted by Gasteiger charge is -2.36. The van der Waals surface area contributed by atoms with Gasteiger partial charge < -0.3 is 10.1 Å². The molecule has 0 aliphatic carbocycles. The Morgan fingerprint density at radius 2 is 2.13 bits per heavy atom. The van der Waals surface area contributed by atoms with E-state index in [1.165, 1.54) is 15.7 Å². The van der Waals surface area contributed by atoms with Gasteiger partial charge in [-0.15, -0.1) is 0 Å². The molecule has 7 nitrogen and oxygen atoms in total. The molecule has 1 amide bonds. The fourth-order valence-corrected chi connectivity index (χ4v) is 3.80. The first-order valence-corrected chi connectivity index (χ1v) is 9.02. The summed E-state index contributed by atoms with van der Waals surface area (Å²) in [5, 5.41) is 2.50. The summed E-state index contributed by atoms with van der Waals surface area (Å²) in [6.07, 6.45) is 0.810. The minimum absolute atomic E-state index is 0.0461. The number of nitrogens with one attached hydrogen (secondary N) is 1. The molecule has 1 heterocycles. The standard InChI is InChI=1S/C15H23N3O4S/c1-4-5-10-17(3)23(20,21)18-11-14(15(19)16-2)22-13-9-7-6-8-12(13)18/h6-9,14H,4-5,10-11H2,1-3H3,(H,16,19)/t14-/m1/s1. The summed E-state index contributed by atoms with van der Waals surface area (Å²) in [5.74, 6) is 0.0377. The van der Waals surface area contributed by atoms with Crippen LogP contribution >= 0.6 is 0 Å². The molecule has 8 heteroatoms. The monoisotopic (exact) mass is 341 g/mol. The molecule has 1 aromatic rings. The van der Waals surface area contributed by atoms with E-state index in [2.05, 4.69) is 5.32 Å². The molecule has 1 atom stereocenters. The Morgan fingerprint density at radius 3 is 2.78 bits per heavy atom. The Balaban J connectivity index is 2.37. The van der Waals surface area contributed by atoms with Crippen molar-refractivity contribution in [3.8, 4) is 5.75 Å². The number of rotatable bonds is 6. The molecule has 0 saturated carbocycles. The molecule has 0 unspecified atom stereocenters. The highest BCUT2D eigenvalue weighted by atomic mass is 32.2. The molecule has 0 aromatic heterocycles. The van der Waals surface area contributed by atoms with E-state index in [-0.39, 0.29) is 12.5 Å². The highest BCUT2D eigenvalue weighted by molar-refractivity contribution is 7.90. The maximum Gasteiger partial charge on any atom is 0.304 e. The van der Waals surface area contributed by atoms with Gasteiger partial charge in [-0.1, -0.05) is 25.5 Å². The first-order valence-electron chi connectivity index (χ1n) is 7.63. The summed E-state index contributed by atoms with van der Waals surface area (Å²) in [6.45, 7) is 2.39. The Morgan fingerprint density at radius 1 is 1.43 bits per heavy atom. The van der Waals surface area contributed by atoms with Gasteiger partial charge in [0.05, 0.1) is 12.2 Å². The summed E-state index contributed by atoms with van der Waals surface area (Å²) in [6, 6.07) is 6.84. The molecular formula is C15H23N3O4S. The van der Waals surface area contributed by atoms with Crippen molar-refractivity contribution in [1.82, 2.24) is 9.62 Å². The van der Waals surface area contributed by atoms with Gasteiger partial charge in [0.25, 0.3) is 5.91 Å². The highest BCUT2D eigenvalue weighted by Crippen LogP contribution is 2.35. The van der Waals surface area contributed by atoms with E-state index in [9.17, 15) is 13.2 Å². The van der Waals surface area contributed by atoms with Gasteiger partial charge in [-0.25, -0.2) is 4.31 Å². The van der Waals surface area contributed by atoms with Crippen LogP contribution in [0, 0.1) is 0 Å². The smallest absolute Gasteiger partial charge is 0.304 e. The van der Waals surface area contributed by atoms with Gasteiger partial charge in [-0.3, -0.25) is 4.79 Å². The first-order chi connectivity index (χ1) is 10.9. The number of carbonyl (C=O) groups is 1. The highest BCUT2D eigenvalue weighted by Gasteiger charge is 2.37. The molecule has 23 heavy (non-hydrogen) atoms. The van der Waals surface area contributed by atoms with Crippen molar-refractivity contribution in [1.29, 1.82) is 0 Å². The van der Waals surface area contributed by atoms with Crippen LogP contribution in [-0.2, 0) is 15.0 Å². The maximum atomic E-state index is 12.9. The molecular weight excluding hydrogens is 318 g/mol. The average molecular weight is 341 g/mol. The number of para-hydroxylation sites is 2. The molecule has 1 aliphatic rings. The number of fused-ring (bicyclic) bond motifs is 1. The van der Waals surface area contributed by atoms with Gasteiger partial charge in [0.15, 0.2) is 6.10 Å². The lowest BCUT2D eigenvalue weighted by atomic mass is 10.2. The third kappa shape index (κ3) is 3.59. The molecule has 0 saturated heterocycles. The van der Waals surface area contributed by atoms with Crippen molar-refractivity contribution >= 4 is 21.8 Å². The van der Waals surface area contributed by atoms with Crippen LogP contribution in [0.1, 0.15) is 19.8 Å². The number of ether oxygens (including phenoxy) is 1. The molecule has 0 radical (unpaired) electrons. The third-order valence-electron chi connectivity index (χ3n) is 3.77. The van der Waals surface area contributed by atoms with Gasteiger partial charge in [0.1, 0.15) is 5.75 Å². The summed E-state index contributed by atoms with van der Waals surface area (Å²) < 4.78 is 34.0. The van der Waals surface area contributed by atoms with Crippen LogP contribution in [-0.4, -0.2) is 51.9 Å². The largest absolute Gasteiger partial charge is 0.476 e. The number of nitrogens with zero attached hydrogens (tertiary/aromatic N) is 2. The minimum Gasteiger partial charge on any atom is -0.476 e. The summed E-state index contributed by atoms with van der Waals surface area (Å²) in [7, 11) is -0.664. The first kappa shape index (κ1) is 17.6. The lowest BCUT2D eigenvalue weighted by molar-refractivity contribution is -0.127. The predicted octanol–water partition coefficient (Wildman–Crippen LogP) is 0.977. The quantitative estimate of drug-likeness (QED) is 0.836. The van der Waals surface area contributed by atoms with Crippen LogP contribution in [0.15, 0.2) is 24.3 Å². The summed E-state index contributed by atoms with van der Waals surface area (Å²) in [4.78, 5) is 11.9. The van der Waals surface area contributed by atoms with Crippen molar-refractivity contribution in [2.75, 3.05) is 31.5 Å². The Bertz CT molecular complexity index is 662. The van der Waals surface area contributed by atoms with Gasteiger partial charge in [-0.05, 0) is 18.6 Å². The molecule has 2 rings (SSSR count). The molecule has 128 valence electrons. The zero-order valence-electron chi connectivity index (χ0n) is 13.7. The molecule has 0 bridgehead atoms. The zero-order valence-corrected chi connectivity index (χ0v) is 14.5. The Kier molecular flexibility index (Phi) is 5.48. The molecule has 1 N–H and O–H groups in total. The summed E-state index contributed by atoms with van der Waals surface area (Å²) in [5.41, 5.74) is 0.455. The van der Waals surface area contributed by atoms with Crippen molar-refractivity contribution in [3.63, 3.8) is 0 Å². The number of hydrogen-bond acceptors (Lipinski definition) is 4. The van der Waals surface area contributed by atoms with Crippen molar-refractivity contribution in [2.24, 2.45) is 0 Å². The van der Waals surface area contributed by atoms with Gasteiger partial charge in [-0.2, -0.15) is 12.7 Å². The van der Waals surface area contributed by atoms with Crippen LogP contribution in [0.25, 0.3) is 0 Å². The number of hydrogen-bond donors (Lipinski definition) is 1. The van der Waals surface area contributed by atoms with Crippen molar-refractivity contribution in [2.45, 2.75) is 25.9 Å². The maximum absolute atomic E-state index is 12.9. The van der Waals surface area contributed by atoms with E-state index in [1.54, 1.807) is 31.3 Å². The minimum atomic E-state index is -3.72. The fraction of sp³-hybridized carbons (Fsp3) is 0.533. The number of anilines is 1. The number of likely N-dealkylation sites (N-methyl/N-ethyl adjacent to an activating group) is 1. The van der Waals surface area contributed by atoms with Crippen LogP contribution in [0.5, 0.6) is 5.75 Å². The Labute approximate surface area is 137 Å². The van der Waals surface area contributed by atoms with Crippen LogP contribution in [0.3, 0.4) is 0 Å². The van der Waals surface area contributed by atoms with Crippen molar-refractivity contribution < 1.29 is 17.9 Å². The fourth-order valence-electron chi connectivity index (χ4n) is 2.38. The molecule has 1 aliphatic heterocycles. The van der Waals surface area contributed by atoms with E-state index in [0.29, 0.717) is 18.0 Å². The number of amides is 1. The van der Waals surface area contributed by atoms with E-state index < -0.39 is 16.3 Å².